The van der Waals surface area contributed by atoms with E-state index in [1.54, 1.807) is 42.5 Å². The Morgan fingerprint density at radius 1 is 1.04 bits per heavy atom. The molecule has 0 aliphatic carbocycles. The summed E-state index contributed by atoms with van der Waals surface area (Å²) >= 11 is 9.35. The van der Waals surface area contributed by atoms with Crippen molar-refractivity contribution < 1.29 is 9.21 Å². The maximum atomic E-state index is 12.3. The maximum Gasteiger partial charge on any atom is 0.255 e. The molecule has 6 heteroatoms. The van der Waals surface area contributed by atoms with Crippen molar-refractivity contribution in [3.05, 3.63) is 81.8 Å². The van der Waals surface area contributed by atoms with E-state index in [1.165, 1.54) is 0 Å². The van der Waals surface area contributed by atoms with E-state index >= 15 is 0 Å². The van der Waals surface area contributed by atoms with E-state index in [0.29, 0.717) is 33.3 Å². The normalized spacial score (nSPS) is 10.8. The standard InChI is InChI=1S/C20H12BrClN2O2/c21-16-4-2-1-3-15(16)20-24-17-11-14(9-10-18(17)26-20)23-19(25)12-5-7-13(22)8-6-12/h1-11H,(H,23,25). The van der Waals surface area contributed by atoms with Crippen molar-refractivity contribution in [1.82, 2.24) is 4.98 Å². The molecule has 0 saturated carbocycles. The van der Waals surface area contributed by atoms with E-state index in [9.17, 15) is 4.79 Å². The van der Waals surface area contributed by atoms with E-state index in [-0.39, 0.29) is 5.91 Å². The molecule has 0 saturated heterocycles. The Hall–Kier alpha value is -2.63. The number of nitrogens with one attached hydrogen (secondary N) is 1. The smallest absolute Gasteiger partial charge is 0.255 e. The molecule has 0 spiro atoms. The zero-order valence-electron chi connectivity index (χ0n) is 13.4. The first-order chi connectivity index (χ1) is 12.6. The minimum atomic E-state index is -0.212. The van der Waals surface area contributed by atoms with Gasteiger partial charge in [-0.2, -0.15) is 0 Å². The largest absolute Gasteiger partial charge is 0.436 e. The molecule has 0 unspecified atom stereocenters. The van der Waals surface area contributed by atoms with Crippen LogP contribution in [0.25, 0.3) is 22.6 Å². The first kappa shape index (κ1) is 16.8. The Balaban J connectivity index is 1.62. The lowest BCUT2D eigenvalue weighted by molar-refractivity contribution is 0.102. The number of carbonyl (C=O) groups excluding carboxylic acids is 1. The lowest BCUT2D eigenvalue weighted by Crippen LogP contribution is -2.11. The van der Waals surface area contributed by atoms with Crippen LogP contribution in [0.5, 0.6) is 0 Å². The molecule has 3 aromatic carbocycles. The topological polar surface area (TPSA) is 55.1 Å². The Bertz CT molecular complexity index is 1110. The molecular weight excluding hydrogens is 416 g/mol. The van der Waals surface area contributed by atoms with Crippen LogP contribution in [0.2, 0.25) is 5.02 Å². The Labute approximate surface area is 162 Å². The van der Waals surface area contributed by atoms with E-state index in [2.05, 4.69) is 26.2 Å². The second-order valence-electron chi connectivity index (χ2n) is 5.64. The lowest BCUT2D eigenvalue weighted by atomic mass is 10.2. The number of halogens is 2. The van der Waals surface area contributed by atoms with Gasteiger partial charge >= 0.3 is 0 Å². The molecule has 4 nitrogen and oxygen atoms in total. The van der Waals surface area contributed by atoms with Gasteiger partial charge in [0.2, 0.25) is 5.89 Å². The number of fused-ring (bicyclic) bond motifs is 1. The molecule has 1 aromatic heterocycles. The van der Waals surface area contributed by atoms with Gasteiger partial charge in [-0.15, -0.1) is 0 Å². The molecule has 0 fully saturated rings. The molecule has 1 heterocycles. The summed E-state index contributed by atoms with van der Waals surface area (Å²) in [5, 5.41) is 3.45. The van der Waals surface area contributed by atoms with Crippen LogP contribution < -0.4 is 5.32 Å². The number of amides is 1. The number of oxazole rings is 1. The summed E-state index contributed by atoms with van der Waals surface area (Å²) in [4.78, 5) is 16.9. The molecular formula is C20H12BrClN2O2. The molecule has 1 N–H and O–H groups in total. The van der Waals surface area contributed by atoms with Gasteiger partial charge in [0.05, 0.1) is 5.56 Å². The molecule has 0 aliphatic heterocycles. The molecule has 1 amide bonds. The second-order valence-corrected chi connectivity index (χ2v) is 6.93. The van der Waals surface area contributed by atoms with Crippen LogP contribution in [0, 0.1) is 0 Å². The molecule has 0 bridgehead atoms. The first-order valence-electron chi connectivity index (χ1n) is 7.82. The number of rotatable bonds is 3. The summed E-state index contributed by atoms with van der Waals surface area (Å²) in [5.41, 5.74) is 3.37. The SMILES string of the molecule is O=C(Nc1ccc2oc(-c3ccccc3Br)nc2c1)c1ccc(Cl)cc1. The van der Waals surface area contributed by atoms with Gasteiger partial charge in [-0.05, 0) is 70.5 Å². The van der Waals surface area contributed by atoms with Crippen LogP contribution in [0.1, 0.15) is 10.4 Å². The summed E-state index contributed by atoms with van der Waals surface area (Å²) < 4.78 is 6.73. The average Bonchev–Trinajstić information content (AvgIpc) is 3.05. The van der Waals surface area contributed by atoms with Gasteiger partial charge in [0, 0.05) is 20.7 Å². The van der Waals surface area contributed by atoms with Crippen LogP contribution in [0.3, 0.4) is 0 Å². The number of carbonyl (C=O) groups is 1. The molecule has 4 rings (SSSR count). The number of anilines is 1. The number of aromatic nitrogens is 1. The minimum Gasteiger partial charge on any atom is -0.436 e. The number of nitrogens with zero attached hydrogens (tertiary/aromatic N) is 1. The van der Waals surface area contributed by atoms with Crippen molar-refractivity contribution in [1.29, 1.82) is 0 Å². The van der Waals surface area contributed by atoms with Gasteiger partial charge in [-0.3, -0.25) is 4.79 Å². The lowest BCUT2D eigenvalue weighted by Gasteiger charge is -2.05. The summed E-state index contributed by atoms with van der Waals surface area (Å²) in [6, 6.07) is 19.8. The van der Waals surface area contributed by atoms with Crippen molar-refractivity contribution >= 4 is 50.2 Å². The number of hydrogen-bond donors (Lipinski definition) is 1. The summed E-state index contributed by atoms with van der Waals surface area (Å²) in [7, 11) is 0. The van der Waals surface area contributed by atoms with Crippen LogP contribution in [0.15, 0.2) is 75.6 Å². The summed E-state index contributed by atoms with van der Waals surface area (Å²) in [6.07, 6.45) is 0. The van der Waals surface area contributed by atoms with E-state index in [4.69, 9.17) is 16.0 Å². The van der Waals surface area contributed by atoms with Crippen molar-refractivity contribution in [3.8, 4) is 11.5 Å². The van der Waals surface area contributed by atoms with Gasteiger partial charge in [0.15, 0.2) is 5.58 Å². The van der Waals surface area contributed by atoms with Crippen LogP contribution in [0.4, 0.5) is 5.69 Å². The summed E-state index contributed by atoms with van der Waals surface area (Å²) in [6.45, 7) is 0. The molecule has 0 radical (unpaired) electrons. The maximum absolute atomic E-state index is 12.3. The second kappa shape index (κ2) is 6.94. The van der Waals surface area contributed by atoms with Gasteiger partial charge in [-0.25, -0.2) is 4.98 Å². The quantitative estimate of drug-likeness (QED) is 0.426. The molecule has 0 atom stereocenters. The predicted octanol–water partition coefficient (Wildman–Crippen LogP) is 6.16. The van der Waals surface area contributed by atoms with Gasteiger partial charge in [0.25, 0.3) is 5.91 Å². The van der Waals surface area contributed by atoms with Crippen molar-refractivity contribution in [2.24, 2.45) is 0 Å². The Kier molecular flexibility index (Phi) is 4.49. The van der Waals surface area contributed by atoms with Gasteiger partial charge in [0.1, 0.15) is 5.52 Å². The monoisotopic (exact) mass is 426 g/mol. The fourth-order valence-corrected chi connectivity index (χ4v) is 3.14. The zero-order valence-corrected chi connectivity index (χ0v) is 15.7. The highest BCUT2D eigenvalue weighted by Crippen LogP contribution is 2.31. The van der Waals surface area contributed by atoms with E-state index < -0.39 is 0 Å². The highest BCUT2D eigenvalue weighted by Gasteiger charge is 2.12. The molecule has 128 valence electrons. The average molecular weight is 428 g/mol. The Morgan fingerprint density at radius 2 is 1.81 bits per heavy atom. The molecule has 4 aromatic rings. The third-order valence-corrected chi connectivity index (χ3v) is 4.80. The van der Waals surface area contributed by atoms with E-state index in [1.807, 2.05) is 24.3 Å². The van der Waals surface area contributed by atoms with E-state index in [0.717, 1.165) is 10.0 Å². The van der Waals surface area contributed by atoms with Gasteiger partial charge in [-0.1, -0.05) is 23.7 Å². The highest BCUT2D eigenvalue weighted by molar-refractivity contribution is 9.10. The third-order valence-electron chi connectivity index (χ3n) is 3.86. The fraction of sp³-hybridized carbons (Fsp3) is 0. The van der Waals surface area contributed by atoms with Crippen molar-refractivity contribution in [3.63, 3.8) is 0 Å². The Morgan fingerprint density at radius 3 is 2.58 bits per heavy atom. The van der Waals surface area contributed by atoms with Crippen molar-refractivity contribution in [2.45, 2.75) is 0 Å². The zero-order chi connectivity index (χ0) is 18.1. The third kappa shape index (κ3) is 3.36. The highest BCUT2D eigenvalue weighted by atomic mass is 79.9. The van der Waals surface area contributed by atoms with Crippen LogP contribution in [-0.4, -0.2) is 10.9 Å². The van der Waals surface area contributed by atoms with Crippen LogP contribution >= 0.6 is 27.5 Å². The predicted molar refractivity (Wildman–Crippen MR) is 107 cm³/mol. The number of benzene rings is 3. The van der Waals surface area contributed by atoms with Crippen molar-refractivity contribution in [2.75, 3.05) is 5.32 Å². The fourth-order valence-electron chi connectivity index (χ4n) is 2.56. The minimum absolute atomic E-state index is 0.212. The molecule has 26 heavy (non-hydrogen) atoms. The van der Waals surface area contributed by atoms with Crippen LogP contribution in [-0.2, 0) is 0 Å². The first-order valence-corrected chi connectivity index (χ1v) is 9.00. The molecule has 0 aliphatic rings. The summed E-state index contributed by atoms with van der Waals surface area (Å²) in [5.74, 6) is 0.309. The van der Waals surface area contributed by atoms with Gasteiger partial charge < -0.3 is 9.73 Å². The number of hydrogen-bond acceptors (Lipinski definition) is 3.